The van der Waals surface area contributed by atoms with Crippen molar-refractivity contribution in [3.63, 3.8) is 0 Å². The van der Waals surface area contributed by atoms with E-state index in [-0.39, 0.29) is 18.8 Å². The van der Waals surface area contributed by atoms with Crippen LogP contribution in [-0.4, -0.2) is 26.1 Å². The van der Waals surface area contributed by atoms with Crippen molar-refractivity contribution < 1.29 is 8.78 Å². The first-order valence-electron chi connectivity index (χ1n) is 5.28. The van der Waals surface area contributed by atoms with E-state index in [0.29, 0.717) is 12.5 Å². The summed E-state index contributed by atoms with van der Waals surface area (Å²) in [4.78, 5) is 1.47. The summed E-state index contributed by atoms with van der Waals surface area (Å²) in [6.45, 7) is 0.481. The maximum Gasteiger partial charge on any atom is 0.248 e. The molecule has 0 aliphatic heterocycles. The van der Waals surface area contributed by atoms with Crippen LogP contribution in [0, 0.1) is 5.92 Å². The lowest BCUT2D eigenvalue weighted by Gasteiger charge is -2.34. The molecule has 15 heavy (non-hydrogen) atoms. The van der Waals surface area contributed by atoms with Crippen molar-refractivity contribution in [3.8, 4) is 0 Å². The third kappa shape index (κ3) is 1.85. The first-order valence-corrected chi connectivity index (χ1v) is 5.28. The van der Waals surface area contributed by atoms with Gasteiger partial charge in [0.2, 0.25) is 5.92 Å². The van der Waals surface area contributed by atoms with Crippen LogP contribution in [0.4, 0.5) is 8.78 Å². The normalized spacial score (nSPS) is 25.2. The Kier molecular flexibility index (Phi) is 1.81. The fourth-order valence-electron chi connectivity index (χ4n) is 1.98. The second kappa shape index (κ2) is 2.96. The number of halogens is 2. The Labute approximate surface area is 85.7 Å². The molecule has 0 aromatic carbocycles. The van der Waals surface area contributed by atoms with Crippen LogP contribution in [0.15, 0.2) is 0 Å². The zero-order valence-corrected chi connectivity index (χ0v) is 8.24. The summed E-state index contributed by atoms with van der Waals surface area (Å²) in [5.74, 6) is -1.19. The van der Waals surface area contributed by atoms with E-state index < -0.39 is 5.92 Å². The molecule has 6 heteroatoms. The van der Waals surface area contributed by atoms with E-state index in [2.05, 4.69) is 15.4 Å². The molecule has 82 valence electrons. The van der Waals surface area contributed by atoms with Crippen molar-refractivity contribution in [2.75, 3.05) is 0 Å². The van der Waals surface area contributed by atoms with Crippen LogP contribution >= 0.6 is 0 Å². The minimum absolute atomic E-state index is 0.0150. The Morgan fingerprint density at radius 3 is 2.67 bits per heavy atom. The SMILES string of the molecule is FC1(F)CC(Cn2nnc(C3CC3)n2)C1. The fourth-order valence-corrected chi connectivity index (χ4v) is 1.98. The smallest absolute Gasteiger partial charge is 0.207 e. The van der Waals surface area contributed by atoms with Crippen molar-refractivity contribution in [2.45, 2.75) is 44.1 Å². The van der Waals surface area contributed by atoms with Gasteiger partial charge in [-0.1, -0.05) is 0 Å². The number of rotatable bonds is 3. The van der Waals surface area contributed by atoms with Crippen LogP contribution in [0.2, 0.25) is 0 Å². The Bertz CT molecular complexity index is 364. The summed E-state index contributed by atoms with van der Waals surface area (Å²) < 4.78 is 25.1. The second-order valence-corrected chi connectivity index (χ2v) is 4.61. The molecule has 4 nitrogen and oxygen atoms in total. The van der Waals surface area contributed by atoms with Crippen LogP contribution in [0.3, 0.4) is 0 Å². The molecule has 0 spiro atoms. The summed E-state index contributed by atoms with van der Waals surface area (Å²) in [7, 11) is 0. The minimum atomic E-state index is -2.45. The molecule has 1 heterocycles. The number of hydrogen-bond acceptors (Lipinski definition) is 3. The van der Waals surface area contributed by atoms with Gasteiger partial charge in [-0.3, -0.25) is 0 Å². The molecular formula is C9H12F2N4. The van der Waals surface area contributed by atoms with Crippen molar-refractivity contribution in [3.05, 3.63) is 5.82 Å². The lowest BCUT2D eigenvalue weighted by Crippen LogP contribution is -2.38. The number of tetrazole rings is 1. The Balaban J connectivity index is 1.58. The number of nitrogens with zero attached hydrogens (tertiary/aromatic N) is 4. The third-order valence-electron chi connectivity index (χ3n) is 3.01. The zero-order chi connectivity index (χ0) is 10.5. The molecule has 2 aliphatic rings. The monoisotopic (exact) mass is 214 g/mol. The van der Waals surface area contributed by atoms with E-state index in [0.717, 1.165) is 18.7 Å². The highest BCUT2D eigenvalue weighted by Crippen LogP contribution is 2.43. The number of alkyl halides is 2. The highest BCUT2D eigenvalue weighted by Gasteiger charge is 2.45. The molecule has 2 saturated carbocycles. The molecule has 0 saturated heterocycles. The van der Waals surface area contributed by atoms with Gasteiger partial charge >= 0.3 is 0 Å². The molecule has 1 aromatic rings. The van der Waals surface area contributed by atoms with Gasteiger partial charge in [-0.25, -0.2) is 8.78 Å². The van der Waals surface area contributed by atoms with Crippen molar-refractivity contribution in [1.82, 2.24) is 20.2 Å². The van der Waals surface area contributed by atoms with Crippen LogP contribution in [0.1, 0.15) is 37.4 Å². The van der Waals surface area contributed by atoms with E-state index in [4.69, 9.17) is 0 Å². The topological polar surface area (TPSA) is 43.6 Å². The Morgan fingerprint density at radius 1 is 1.33 bits per heavy atom. The Hall–Kier alpha value is -1.07. The third-order valence-corrected chi connectivity index (χ3v) is 3.01. The summed E-state index contributed by atoms with van der Waals surface area (Å²) >= 11 is 0. The molecule has 0 N–H and O–H groups in total. The maximum absolute atomic E-state index is 12.6. The first kappa shape index (κ1) is 9.18. The molecule has 2 aliphatic carbocycles. The average molecular weight is 214 g/mol. The van der Waals surface area contributed by atoms with Gasteiger partial charge in [0.05, 0.1) is 6.54 Å². The number of aromatic nitrogens is 4. The highest BCUT2D eigenvalue weighted by atomic mass is 19.3. The van der Waals surface area contributed by atoms with Gasteiger partial charge in [-0.2, -0.15) is 4.80 Å². The van der Waals surface area contributed by atoms with Gasteiger partial charge in [0, 0.05) is 18.8 Å². The van der Waals surface area contributed by atoms with Gasteiger partial charge in [-0.05, 0) is 24.0 Å². The molecule has 3 rings (SSSR count). The quantitative estimate of drug-likeness (QED) is 0.767. The van der Waals surface area contributed by atoms with Crippen LogP contribution in [0.5, 0.6) is 0 Å². The van der Waals surface area contributed by atoms with Gasteiger partial charge in [0.25, 0.3) is 0 Å². The summed E-state index contributed by atoms with van der Waals surface area (Å²) in [6, 6.07) is 0. The van der Waals surface area contributed by atoms with Gasteiger partial charge < -0.3 is 0 Å². The summed E-state index contributed by atoms with van der Waals surface area (Å²) in [5.41, 5.74) is 0. The van der Waals surface area contributed by atoms with Gasteiger partial charge in [-0.15, -0.1) is 10.2 Å². The van der Waals surface area contributed by atoms with Crippen molar-refractivity contribution in [1.29, 1.82) is 0 Å². The molecule has 1 aromatic heterocycles. The van der Waals surface area contributed by atoms with Crippen molar-refractivity contribution >= 4 is 0 Å². The fraction of sp³-hybridized carbons (Fsp3) is 0.889. The van der Waals surface area contributed by atoms with Gasteiger partial charge in [0.1, 0.15) is 0 Å². The minimum Gasteiger partial charge on any atom is -0.207 e. The molecule has 0 unspecified atom stereocenters. The Morgan fingerprint density at radius 2 is 2.07 bits per heavy atom. The molecular weight excluding hydrogens is 202 g/mol. The lowest BCUT2D eigenvalue weighted by atomic mass is 9.81. The molecule has 0 amide bonds. The average Bonchev–Trinajstić information content (AvgIpc) is 2.85. The summed E-state index contributed by atoms with van der Waals surface area (Å²) in [6.07, 6.45) is 2.20. The molecule has 0 bridgehead atoms. The van der Waals surface area contributed by atoms with E-state index in [1.165, 1.54) is 4.80 Å². The molecule has 0 atom stereocenters. The molecule has 0 radical (unpaired) electrons. The standard InChI is InChI=1S/C9H12F2N4/c10-9(11)3-6(4-9)5-15-13-8(12-14-15)7-1-2-7/h6-7H,1-5H2. The van der Waals surface area contributed by atoms with E-state index >= 15 is 0 Å². The zero-order valence-electron chi connectivity index (χ0n) is 8.24. The van der Waals surface area contributed by atoms with E-state index in [9.17, 15) is 8.78 Å². The van der Waals surface area contributed by atoms with Crippen LogP contribution in [0.25, 0.3) is 0 Å². The first-order chi connectivity index (χ1) is 7.12. The predicted molar refractivity (Wildman–Crippen MR) is 47.5 cm³/mol. The van der Waals surface area contributed by atoms with E-state index in [1.807, 2.05) is 0 Å². The van der Waals surface area contributed by atoms with Crippen LogP contribution in [-0.2, 0) is 6.54 Å². The largest absolute Gasteiger partial charge is 0.248 e. The highest BCUT2D eigenvalue weighted by molar-refractivity contribution is 5.00. The summed E-state index contributed by atoms with van der Waals surface area (Å²) in [5, 5.41) is 12.0. The van der Waals surface area contributed by atoms with Gasteiger partial charge in [0.15, 0.2) is 5.82 Å². The number of hydrogen-bond donors (Lipinski definition) is 0. The van der Waals surface area contributed by atoms with Crippen LogP contribution < -0.4 is 0 Å². The molecule has 2 fully saturated rings. The van der Waals surface area contributed by atoms with Crippen molar-refractivity contribution in [2.24, 2.45) is 5.92 Å². The lowest BCUT2D eigenvalue weighted by molar-refractivity contribution is -0.115. The van der Waals surface area contributed by atoms with E-state index in [1.54, 1.807) is 0 Å². The maximum atomic E-state index is 12.6. The second-order valence-electron chi connectivity index (χ2n) is 4.61. The predicted octanol–water partition coefficient (Wildman–Crippen LogP) is 1.60.